The van der Waals surface area contributed by atoms with Crippen LogP contribution in [0.5, 0.6) is 5.75 Å². The summed E-state index contributed by atoms with van der Waals surface area (Å²) in [6.45, 7) is 1.36. The van der Waals surface area contributed by atoms with Gasteiger partial charge in [0.2, 0.25) is 0 Å². The van der Waals surface area contributed by atoms with E-state index in [-0.39, 0.29) is 5.41 Å². The zero-order valence-electron chi connectivity index (χ0n) is 12.1. The average Bonchev–Trinajstić information content (AvgIpc) is 3.12. The molecule has 1 aromatic carbocycles. The molecule has 3 N–H and O–H groups in total. The van der Waals surface area contributed by atoms with Gasteiger partial charge in [0, 0.05) is 12.0 Å². The second-order valence-corrected chi connectivity index (χ2v) is 6.50. The Labute approximate surface area is 121 Å². The van der Waals surface area contributed by atoms with Gasteiger partial charge in [-0.1, -0.05) is 25.0 Å². The van der Waals surface area contributed by atoms with Crippen molar-refractivity contribution in [3.63, 3.8) is 0 Å². The lowest BCUT2D eigenvalue weighted by molar-refractivity contribution is 0.0971. The van der Waals surface area contributed by atoms with Crippen LogP contribution < -0.4 is 10.5 Å². The zero-order valence-corrected chi connectivity index (χ0v) is 12.1. The van der Waals surface area contributed by atoms with Crippen LogP contribution in [0.2, 0.25) is 0 Å². The standard InChI is InChI=1S/C17H25NO2/c18-12-17(8-9-17)16(19)14-6-3-7-15(10-14)20-11-13-4-1-2-5-13/h3,6-7,10,13,16,19H,1-2,4-5,8-9,11-12,18H2/t16-/m0/s1. The molecule has 1 aromatic rings. The highest BCUT2D eigenvalue weighted by atomic mass is 16.5. The first kappa shape index (κ1) is 13.9. The van der Waals surface area contributed by atoms with Crippen molar-refractivity contribution in [2.24, 2.45) is 17.1 Å². The van der Waals surface area contributed by atoms with E-state index in [1.165, 1.54) is 25.7 Å². The van der Waals surface area contributed by atoms with Crippen LogP contribution in [0.15, 0.2) is 24.3 Å². The third-order valence-electron chi connectivity index (χ3n) is 5.01. The van der Waals surface area contributed by atoms with Gasteiger partial charge in [-0.25, -0.2) is 0 Å². The Morgan fingerprint density at radius 3 is 2.70 bits per heavy atom. The maximum atomic E-state index is 10.5. The molecular weight excluding hydrogens is 250 g/mol. The van der Waals surface area contributed by atoms with Crippen LogP contribution >= 0.6 is 0 Å². The lowest BCUT2D eigenvalue weighted by atomic mass is 9.93. The van der Waals surface area contributed by atoms with E-state index in [0.717, 1.165) is 30.8 Å². The van der Waals surface area contributed by atoms with Gasteiger partial charge >= 0.3 is 0 Å². The number of hydrogen-bond donors (Lipinski definition) is 2. The fourth-order valence-electron chi connectivity index (χ4n) is 3.27. The number of benzene rings is 1. The number of rotatable bonds is 6. The van der Waals surface area contributed by atoms with E-state index in [9.17, 15) is 5.11 Å². The van der Waals surface area contributed by atoms with Crippen molar-refractivity contribution >= 4 is 0 Å². The van der Waals surface area contributed by atoms with Crippen LogP contribution in [0.3, 0.4) is 0 Å². The van der Waals surface area contributed by atoms with Gasteiger partial charge in [-0.05, 0) is 49.3 Å². The predicted molar refractivity (Wildman–Crippen MR) is 79.6 cm³/mol. The second kappa shape index (κ2) is 5.74. The highest BCUT2D eigenvalue weighted by molar-refractivity contribution is 5.32. The van der Waals surface area contributed by atoms with E-state index in [4.69, 9.17) is 10.5 Å². The van der Waals surface area contributed by atoms with Gasteiger partial charge in [0.05, 0.1) is 12.7 Å². The Morgan fingerprint density at radius 2 is 2.05 bits per heavy atom. The lowest BCUT2D eigenvalue weighted by Gasteiger charge is -2.21. The third-order valence-corrected chi connectivity index (χ3v) is 5.01. The predicted octanol–water partition coefficient (Wildman–Crippen LogP) is 3.03. The molecule has 0 saturated heterocycles. The molecular formula is C17H25NO2. The average molecular weight is 275 g/mol. The molecule has 0 radical (unpaired) electrons. The SMILES string of the molecule is NCC1([C@@H](O)c2cccc(OCC3CCCC3)c2)CC1. The third kappa shape index (κ3) is 2.84. The largest absolute Gasteiger partial charge is 0.493 e. The van der Waals surface area contributed by atoms with Crippen LogP contribution in [0, 0.1) is 11.3 Å². The van der Waals surface area contributed by atoms with Gasteiger partial charge in [-0.15, -0.1) is 0 Å². The summed E-state index contributed by atoms with van der Waals surface area (Å²) in [5, 5.41) is 10.5. The monoisotopic (exact) mass is 275 g/mol. The topological polar surface area (TPSA) is 55.5 Å². The van der Waals surface area contributed by atoms with Crippen LogP contribution in [-0.2, 0) is 0 Å². The minimum absolute atomic E-state index is 0.0793. The first-order valence-electron chi connectivity index (χ1n) is 7.84. The Morgan fingerprint density at radius 1 is 1.30 bits per heavy atom. The Balaban J connectivity index is 1.63. The molecule has 2 saturated carbocycles. The first-order valence-corrected chi connectivity index (χ1v) is 7.84. The van der Waals surface area contributed by atoms with Crippen molar-refractivity contribution in [3.8, 4) is 5.75 Å². The number of nitrogens with two attached hydrogens (primary N) is 1. The number of aliphatic hydroxyl groups is 1. The first-order chi connectivity index (χ1) is 9.73. The van der Waals surface area contributed by atoms with E-state index in [0.29, 0.717) is 12.5 Å². The van der Waals surface area contributed by atoms with Crippen molar-refractivity contribution in [1.29, 1.82) is 0 Å². The van der Waals surface area contributed by atoms with Crippen molar-refractivity contribution in [2.75, 3.05) is 13.2 Å². The molecule has 3 rings (SSSR count). The molecule has 0 heterocycles. The molecule has 2 aliphatic carbocycles. The number of aliphatic hydroxyl groups excluding tert-OH is 1. The summed E-state index contributed by atoms with van der Waals surface area (Å²) in [6, 6.07) is 7.90. The van der Waals surface area contributed by atoms with Gasteiger partial charge in [-0.2, -0.15) is 0 Å². The van der Waals surface area contributed by atoms with Gasteiger partial charge in [-0.3, -0.25) is 0 Å². The number of ether oxygens (including phenoxy) is 1. The molecule has 0 aliphatic heterocycles. The molecule has 2 aliphatic rings. The van der Waals surface area contributed by atoms with E-state index in [1.807, 2.05) is 24.3 Å². The molecule has 3 nitrogen and oxygen atoms in total. The summed E-state index contributed by atoms with van der Waals surface area (Å²) in [7, 11) is 0. The molecule has 0 unspecified atom stereocenters. The summed E-state index contributed by atoms with van der Waals surface area (Å²) in [5.74, 6) is 1.59. The van der Waals surface area contributed by atoms with E-state index >= 15 is 0 Å². The second-order valence-electron chi connectivity index (χ2n) is 6.50. The fraction of sp³-hybridized carbons (Fsp3) is 0.647. The lowest BCUT2D eigenvalue weighted by Crippen LogP contribution is -2.23. The molecule has 2 fully saturated rings. The van der Waals surface area contributed by atoms with Crippen molar-refractivity contribution in [3.05, 3.63) is 29.8 Å². The van der Waals surface area contributed by atoms with Gasteiger partial charge in [0.15, 0.2) is 0 Å². The van der Waals surface area contributed by atoms with Crippen molar-refractivity contribution in [1.82, 2.24) is 0 Å². The van der Waals surface area contributed by atoms with E-state index in [1.54, 1.807) is 0 Å². The van der Waals surface area contributed by atoms with Crippen LogP contribution in [0.25, 0.3) is 0 Å². The molecule has 3 heteroatoms. The number of hydrogen-bond acceptors (Lipinski definition) is 3. The van der Waals surface area contributed by atoms with E-state index in [2.05, 4.69) is 0 Å². The highest BCUT2D eigenvalue weighted by Crippen LogP contribution is 2.54. The smallest absolute Gasteiger partial charge is 0.119 e. The van der Waals surface area contributed by atoms with E-state index < -0.39 is 6.10 Å². The molecule has 20 heavy (non-hydrogen) atoms. The van der Waals surface area contributed by atoms with Crippen LogP contribution in [-0.4, -0.2) is 18.3 Å². The molecule has 0 aromatic heterocycles. The van der Waals surface area contributed by atoms with Crippen LogP contribution in [0.4, 0.5) is 0 Å². The Hall–Kier alpha value is -1.06. The minimum atomic E-state index is -0.456. The normalized spacial score (nSPS) is 22.7. The quantitative estimate of drug-likeness (QED) is 0.839. The molecule has 0 spiro atoms. The summed E-state index contributed by atoms with van der Waals surface area (Å²) >= 11 is 0. The van der Waals surface area contributed by atoms with Crippen molar-refractivity contribution < 1.29 is 9.84 Å². The fourth-order valence-corrected chi connectivity index (χ4v) is 3.27. The maximum absolute atomic E-state index is 10.5. The highest BCUT2D eigenvalue weighted by Gasteiger charge is 2.48. The molecule has 0 amide bonds. The summed E-state index contributed by atoms with van der Waals surface area (Å²) in [4.78, 5) is 0. The molecule has 0 bridgehead atoms. The van der Waals surface area contributed by atoms with Gasteiger partial charge in [0.25, 0.3) is 0 Å². The Kier molecular flexibility index (Phi) is 3.99. The zero-order chi connectivity index (χ0) is 14.0. The molecule has 1 atom stereocenters. The molecule has 110 valence electrons. The minimum Gasteiger partial charge on any atom is -0.493 e. The summed E-state index contributed by atoms with van der Waals surface area (Å²) < 4.78 is 5.91. The van der Waals surface area contributed by atoms with Crippen LogP contribution in [0.1, 0.15) is 50.2 Å². The van der Waals surface area contributed by atoms with Crippen molar-refractivity contribution in [2.45, 2.75) is 44.6 Å². The Bertz CT molecular complexity index is 450. The summed E-state index contributed by atoms with van der Waals surface area (Å²) in [6.07, 6.45) is 6.85. The van der Waals surface area contributed by atoms with Gasteiger partial charge < -0.3 is 15.6 Å². The van der Waals surface area contributed by atoms with Gasteiger partial charge in [0.1, 0.15) is 5.75 Å². The summed E-state index contributed by atoms with van der Waals surface area (Å²) in [5.41, 5.74) is 6.66. The maximum Gasteiger partial charge on any atom is 0.119 e.